The summed E-state index contributed by atoms with van der Waals surface area (Å²) in [6.07, 6.45) is 0. The Bertz CT molecular complexity index is 485. The molecule has 20 heavy (non-hydrogen) atoms. The number of carboxylic acid groups (broad SMARTS) is 1. The number of benzene rings is 1. The molecule has 6 heteroatoms. The van der Waals surface area contributed by atoms with E-state index in [2.05, 4.69) is 10.6 Å². The zero-order valence-electron chi connectivity index (χ0n) is 11.4. The smallest absolute Gasteiger partial charge is 0.326 e. The Balaban J connectivity index is 2.47. The van der Waals surface area contributed by atoms with Crippen molar-refractivity contribution in [2.75, 3.05) is 6.54 Å². The molecule has 0 saturated carbocycles. The molecule has 0 radical (unpaired) electrons. The van der Waals surface area contributed by atoms with E-state index in [0.29, 0.717) is 5.56 Å². The Morgan fingerprint density at radius 1 is 1.15 bits per heavy atom. The predicted molar refractivity (Wildman–Crippen MR) is 73.2 cm³/mol. The largest absolute Gasteiger partial charge is 0.480 e. The molecule has 108 valence electrons. The van der Waals surface area contributed by atoms with Crippen LogP contribution in [0.2, 0.25) is 0 Å². The second kappa shape index (κ2) is 7.28. The molecule has 0 saturated heterocycles. The topological polar surface area (TPSA) is 95.5 Å². The maximum absolute atomic E-state index is 11.7. The molecule has 1 rings (SSSR count). The summed E-state index contributed by atoms with van der Waals surface area (Å²) in [6.45, 7) is 3.13. The Labute approximate surface area is 117 Å². The van der Waals surface area contributed by atoms with Crippen LogP contribution >= 0.6 is 0 Å². The summed E-state index contributed by atoms with van der Waals surface area (Å²) < 4.78 is 0. The van der Waals surface area contributed by atoms with Crippen molar-refractivity contribution in [1.82, 2.24) is 10.6 Å². The van der Waals surface area contributed by atoms with Crippen LogP contribution in [0.5, 0.6) is 0 Å². The summed E-state index contributed by atoms with van der Waals surface area (Å²) in [5.74, 6) is -2.24. The van der Waals surface area contributed by atoms with Crippen molar-refractivity contribution in [3.8, 4) is 0 Å². The molecule has 0 aliphatic rings. The molecule has 6 nitrogen and oxygen atoms in total. The standard InChI is InChI=1S/C14H18N2O4/c1-9(2)12(14(19)20)16-11(17)8-15-13(18)10-6-4-3-5-7-10/h3-7,9,12H,8H2,1-2H3,(H,15,18)(H,16,17)(H,19,20)/t12-/m0/s1. The average Bonchev–Trinajstić information content (AvgIpc) is 2.42. The first-order valence-corrected chi connectivity index (χ1v) is 6.27. The minimum Gasteiger partial charge on any atom is -0.480 e. The summed E-state index contributed by atoms with van der Waals surface area (Å²) in [5, 5.41) is 13.8. The van der Waals surface area contributed by atoms with E-state index in [9.17, 15) is 14.4 Å². The number of hydrogen-bond acceptors (Lipinski definition) is 3. The lowest BCUT2D eigenvalue weighted by Crippen LogP contribution is -2.48. The van der Waals surface area contributed by atoms with Gasteiger partial charge in [-0.2, -0.15) is 0 Å². The number of rotatable bonds is 6. The van der Waals surface area contributed by atoms with Gasteiger partial charge in [0.2, 0.25) is 5.91 Å². The zero-order chi connectivity index (χ0) is 15.1. The number of amides is 2. The van der Waals surface area contributed by atoms with Gasteiger partial charge in [0, 0.05) is 5.56 Å². The second-order valence-corrected chi connectivity index (χ2v) is 4.68. The quantitative estimate of drug-likeness (QED) is 0.711. The van der Waals surface area contributed by atoms with E-state index in [1.807, 2.05) is 0 Å². The zero-order valence-corrected chi connectivity index (χ0v) is 11.4. The molecule has 2 amide bonds. The number of carbonyl (C=O) groups excluding carboxylic acids is 2. The summed E-state index contributed by atoms with van der Waals surface area (Å²) in [4.78, 5) is 34.2. The Kier molecular flexibility index (Phi) is 5.71. The van der Waals surface area contributed by atoms with Crippen molar-refractivity contribution in [1.29, 1.82) is 0 Å². The minimum absolute atomic E-state index is 0.235. The Hall–Kier alpha value is -2.37. The highest BCUT2D eigenvalue weighted by Crippen LogP contribution is 2.01. The van der Waals surface area contributed by atoms with E-state index in [4.69, 9.17) is 5.11 Å². The molecule has 0 aliphatic carbocycles. The molecule has 1 atom stereocenters. The van der Waals surface area contributed by atoms with Crippen molar-refractivity contribution < 1.29 is 19.5 Å². The van der Waals surface area contributed by atoms with Gasteiger partial charge >= 0.3 is 5.97 Å². The van der Waals surface area contributed by atoms with Crippen LogP contribution in [0.1, 0.15) is 24.2 Å². The fourth-order valence-corrected chi connectivity index (χ4v) is 1.59. The van der Waals surface area contributed by atoms with E-state index < -0.39 is 17.9 Å². The van der Waals surface area contributed by atoms with Crippen molar-refractivity contribution in [3.05, 3.63) is 35.9 Å². The lowest BCUT2D eigenvalue weighted by Gasteiger charge is -2.17. The second-order valence-electron chi connectivity index (χ2n) is 4.68. The third-order valence-electron chi connectivity index (χ3n) is 2.69. The Morgan fingerprint density at radius 3 is 2.25 bits per heavy atom. The first kappa shape index (κ1) is 15.7. The fraction of sp³-hybridized carbons (Fsp3) is 0.357. The van der Waals surface area contributed by atoms with Gasteiger partial charge in [-0.1, -0.05) is 32.0 Å². The summed E-state index contributed by atoms with van der Waals surface area (Å²) in [7, 11) is 0. The number of carboxylic acids is 1. The summed E-state index contributed by atoms with van der Waals surface area (Å²) in [5.41, 5.74) is 0.443. The van der Waals surface area contributed by atoms with Gasteiger partial charge in [-0.15, -0.1) is 0 Å². The molecule has 1 aromatic rings. The maximum Gasteiger partial charge on any atom is 0.326 e. The van der Waals surface area contributed by atoms with E-state index in [0.717, 1.165) is 0 Å². The molecule has 0 unspecified atom stereocenters. The molecule has 0 aromatic heterocycles. The third-order valence-corrected chi connectivity index (χ3v) is 2.69. The number of aliphatic carboxylic acids is 1. The molecule has 0 bridgehead atoms. The minimum atomic E-state index is -1.09. The van der Waals surface area contributed by atoms with Gasteiger partial charge in [0.25, 0.3) is 5.91 Å². The highest BCUT2D eigenvalue weighted by Gasteiger charge is 2.23. The van der Waals surface area contributed by atoms with Gasteiger partial charge < -0.3 is 15.7 Å². The number of nitrogens with one attached hydrogen (secondary N) is 2. The van der Waals surface area contributed by atoms with E-state index in [1.165, 1.54) is 0 Å². The van der Waals surface area contributed by atoms with Gasteiger partial charge in [-0.3, -0.25) is 9.59 Å². The van der Waals surface area contributed by atoms with E-state index >= 15 is 0 Å². The molecule has 1 aromatic carbocycles. The van der Waals surface area contributed by atoms with Gasteiger partial charge in [0.05, 0.1) is 6.54 Å². The monoisotopic (exact) mass is 278 g/mol. The van der Waals surface area contributed by atoms with Crippen molar-refractivity contribution in [2.24, 2.45) is 5.92 Å². The molecular weight excluding hydrogens is 260 g/mol. The molecule has 0 heterocycles. The van der Waals surface area contributed by atoms with Crippen LogP contribution in [0.25, 0.3) is 0 Å². The number of hydrogen-bond donors (Lipinski definition) is 3. The predicted octanol–water partition coefficient (Wildman–Crippen LogP) is 0.642. The summed E-state index contributed by atoms with van der Waals surface area (Å²) in [6, 6.07) is 7.51. The van der Waals surface area contributed by atoms with Crippen LogP contribution in [0, 0.1) is 5.92 Å². The molecular formula is C14H18N2O4. The fourth-order valence-electron chi connectivity index (χ4n) is 1.59. The van der Waals surface area contributed by atoms with Crippen molar-refractivity contribution >= 4 is 17.8 Å². The lowest BCUT2D eigenvalue weighted by molar-refractivity contribution is -0.142. The highest BCUT2D eigenvalue weighted by atomic mass is 16.4. The lowest BCUT2D eigenvalue weighted by atomic mass is 10.1. The Morgan fingerprint density at radius 2 is 1.75 bits per heavy atom. The SMILES string of the molecule is CC(C)[C@H](NC(=O)CNC(=O)c1ccccc1)C(=O)O. The van der Waals surface area contributed by atoms with Gasteiger partial charge in [0.1, 0.15) is 6.04 Å². The van der Waals surface area contributed by atoms with Crippen LogP contribution in [0.4, 0.5) is 0 Å². The van der Waals surface area contributed by atoms with Gasteiger partial charge in [-0.25, -0.2) is 4.79 Å². The van der Waals surface area contributed by atoms with E-state index in [-0.39, 0.29) is 18.4 Å². The first-order valence-electron chi connectivity index (χ1n) is 6.27. The molecule has 0 spiro atoms. The van der Waals surface area contributed by atoms with Crippen LogP contribution in [0.15, 0.2) is 30.3 Å². The van der Waals surface area contributed by atoms with Crippen LogP contribution in [0.3, 0.4) is 0 Å². The van der Waals surface area contributed by atoms with Crippen LogP contribution < -0.4 is 10.6 Å². The normalized spacial score (nSPS) is 11.8. The van der Waals surface area contributed by atoms with E-state index in [1.54, 1.807) is 44.2 Å². The van der Waals surface area contributed by atoms with Crippen LogP contribution in [-0.4, -0.2) is 35.5 Å². The number of carbonyl (C=O) groups is 3. The third kappa shape index (κ3) is 4.72. The van der Waals surface area contributed by atoms with Gasteiger partial charge in [0.15, 0.2) is 0 Å². The first-order chi connectivity index (χ1) is 9.41. The van der Waals surface area contributed by atoms with Gasteiger partial charge in [-0.05, 0) is 18.1 Å². The maximum atomic E-state index is 11.7. The summed E-state index contributed by atoms with van der Waals surface area (Å²) >= 11 is 0. The molecule has 0 fully saturated rings. The van der Waals surface area contributed by atoms with Crippen LogP contribution in [-0.2, 0) is 9.59 Å². The van der Waals surface area contributed by atoms with Crippen molar-refractivity contribution in [2.45, 2.75) is 19.9 Å². The van der Waals surface area contributed by atoms with Crippen molar-refractivity contribution in [3.63, 3.8) is 0 Å². The highest BCUT2D eigenvalue weighted by molar-refractivity contribution is 5.96. The molecule has 3 N–H and O–H groups in total. The average molecular weight is 278 g/mol. The molecule has 0 aliphatic heterocycles.